The third-order valence-corrected chi connectivity index (χ3v) is 6.34. The van der Waals surface area contributed by atoms with Crippen molar-refractivity contribution >= 4 is 11.8 Å². The van der Waals surface area contributed by atoms with E-state index in [0.29, 0.717) is 38.3 Å². The molecule has 3 heterocycles. The Morgan fingerprint density at radius 1 is 1.10 bits per heavy atom. The molecule has 0 radical (unpaired) electrons. The summed E-state index contributed by atoms with van der Waals surface area (Å²) in [5.41, 5.74) is 1.75. The quantitative estimate of drug-likeness (QED) is 0.749. The van der Waals surface area contributed by atoms with Crippen molar-refractivity contribution in [1.82, 2.24) is 19.3 Å². The molecule has 0 bridgehead atoms. The zero-order valence-electron chi connectivity index (χ0n) is 18.1. The van der Waals surface area contributed by atoms with Gasteiger partial charge in [0.15, 0.2) is 0 Å². The Kier molecular flexibility index (Phi) is 5.66. The summed E-state index contributed by atoms with van der Waals surface area (Å²) in [5, 5.41) is 0. The average molecular weight is 426 g/mol. The number of carbonyl (C=O) groups excluding carboxylic acids is 2. The second-order valence-electron chi connectivity index (χ2n) is 8.51. The molecule has 1 aromatic heterocycles. The largest absolute Gasteiger partial charge is 0.338 e. The molecule has 1 saturated heterocycles. The van der Waals surface area contributed by atoms with Gasteiger partial charge in [0.25, 0.3) is 11.5 Å². The lowest BCUT2D eigenvalue weighted by atomic mass is 9.95. The molecule has 0 spiro atoms. The van der Waals surface area contributed by atoms with Crippen LogP contribution < -0.4 is 5.56 Å². The minimum absolute atomic E-state index is 0.0496. The first kappa shape index (κ1) is 21.2. The van der Waals surface area contributed by atoms with Crippen LogP contribution in [-0.4, -0.2) is 70.9 Å². The van der Waals surface area contributed by atoms with Gasteiger partial charge in [-0.2, -0.15) is 0 Å². The van der Waals surface area contributed by atoms with E-state index in [1.54, 1.807) is 16.0 Å². The summed E-state index contributed by atoms with van der Waals surface area (Å²) in [4.78, 5) is 44.5. The Hall–Kier alpha value is -3.00. The van der Waals surface area contributed by atoms with Crippen LogP contribution in [0.4, 0.5) is 4.39 Å². The first-order chi connectivity index (χ1) is 14.8. The Morgan fingerprint density at radius 3 is 2.42 bits per heavy atom. The summed E-state index contributed by atoms with van der Waals surface area (Å²) in [6, 6.07) is 5.86. The van der Waals surface area contributed by atoms with Crippen LogP contribution in [0.5, 0.6) is 0 Å². The fourth-order valence-corrected chi connectivity index (χ4v) is 4.44. The van der Waals surface area contributed by atoms with Crippen molar-refractivity contribution in [3.8, 4) is 5.69 Å². The van der Waals surface area contributed by atoms with Gasteiger partial charge in [-0.15, -0.1) is 0 Å². The maximum atomic E-state index is 13.5. The highest BCUT2D eigenvalue weighted by atomic mass is 19.1. The molecule has 1 unspecified atom stereocenters. The number of pyridine rings is 1. The molecule has 1 aromatic carbocycles. The zero-order chi connectivity index (χ0) is 22.3. The summed E-state index contributed by atoms with van der Waals surface area (Å²) in [7, 11) is 3.97. The number of aromatic nitrogens is 1. The van der Waals surface area contributed by atoms with Gasteiger partial charge in [0.05, 0.1) is 0 Å². The fourth-order valence-electron chi connectivity index (χ4n) is 4.44. The minimum Gasteiger partial charge on any atom is -0.338 e. The molecule has 8 heteroatoms. The lowest BCUT2D eigenvalue weighted by Crippen LogP contribution is -2.42. The number of likely N-dealkylation sites (N-methyl/N-ethyl adjacent to an activating group) is 1. The highest BCUT2D eigenvalue weighted by molar-refractivity contribution is 5.96. The maximum absolute atomic E-state index is 13.5. The van der Waals surface area contributed by atoms with E-state index in [4.69, 9.17) is 0 Å². The van der Waals surface area contributed by atoms with Crippen molar-refractivity contribution in [3.05, 3.63) is 63.3 Å². The summed E-state index contributed by atoms with van der Waals surface area (Å²) in [6.07, 6.45) is 3.00. The van der Waals surface area contributed by atoms with E-state index in [1.807, 2.05) is 14.1 Å². The first-order valence-electron chi connectivity index (χ1n) is 10.5. The van der Waals surface area contributed by atoms with E-state index in [1.165, 1.54) is 35.8 Å². The maximum Gasteiger partial charge on any atom is 0.268 e. The number of fused-ring (bicyclic) bond motifs is 1. The van der Waals surface area contributed by atoms with Gasteiger partial charge in [-0.1, -0.05) is 0 Å². The molecule has 2 amide bonds. The number of carbonyl (C=O) groups is 2. The van der Waals surface area contributed by atoms with Gasteiger partial charge in [0.1, 0.15) is 11.4 Å². The summed E-state index contributed by atoms with van der Waals surface area (Å²) in [6.45, 7) is 3.50. The molecule has 2 aliphatic rings. The van der Waals surface area contributed by atoms with Crippen LogP contribution >= 0.6 is 0 Å². The molecule has 2 aromatic rings. The molecule has 2 aliphatic heterocycles. The van der Waals surface area contributed by atoms with Crippen LogP contribution in [0.25, 0.3) is 5.69 Å². The second kappa shape index (κ2) is 8.26. The van der Waals surface area contributed by atoms with Crippen LogP contribution in [0.15, 0.2) is 35.3 Å². The molecule has 31 heavy (non-hydrogen) atoms. The van der Waals surface area contributed by atoms with E-state index in [2.05, 4.69) is 4.90 Å². The molecule has 7 nitrogen and oxygen atoms in total. The molecule has 0 saturated carbocycles. The summed E-state index contributed by atoms with van der Waals surface area (Å²) >= 11 is 0. The van der Waals surface area contributed by atoms with Crippen LogP contribution in [0, 0.1) is 5.82 Å². The zero-order valence-corrected chi connectivity index (χ0v) is 18.1. The fraction of sp³-hybridized carbons (Fsp3) is 0.435. The highest BCUT2D eigenvalue weighted by Gasteiger charge is 2.33. The number of halogens is 1. The van der Waals surface area contributed by atoms with E-state index in [0.717, 1.165) is 17.5 Å². The van der Waals surface area contributed by atoms with E-state index < -0.39 is 11.4 Å². The monoisotopic (exact) mass is 426 g/mol. The third kappa shape index (κ3) is 3.99. The summed E-state index contributed by atoms with van der Waals surface area (Å²) in [5.74, 6) is -0.717. The van der Waals surface area contributed by atoms with Crippen LogP contribution in [0.3, 0.4) is 0 Å². The summed E-state index contributed by atoms with van der Waals surface area (Å²) < 4.78 is 14.8. The number of hydrogen-bond donors (Lipinski definition) is 0. The molecule has 1 fully saturated rings. The van der Waals surface area contributed by atoms with E-state index in [9.17, 15) is 18.8 Å². The van der Waals surface area contributed by atoms with E-state index >= 15 is 0 Å². The number of benzene rings is 1. The number of rotatable bonds is 3. The number of likely N-dealkylation sites (tertiary alicyclic amines) is 1. The molecule has 164 valence electrons. The third-order valence-electron chi connectivity index (χ3n) is 6.34. The molecular weight excluding hydrogens is 399 g/mol. The predicted octanol–water partition coefficient (Wildman–Crippen LogP) is 1.66. The van der Waals surface area contributed by atoms with Gasteiger partial charge < -0.3 is 14.7 Å². The van der Waals surface area contributed by atoms with Crippen molar-refractivity contribution in [2.24, 2.45) is 0 Å². The van der Waals surface area contributed by atoms with Crippen molar-refractivity contribution in [2.45, 2.75) is 32.4 Å². The Bertz CT molecular complexity index is 1080. The van der Waals surface area contributed by atoms with Crippen LogP contribution in [0.2, 0.25) is 0 Å². The topological polar surface area (TPSA) is 65.9 Å². The average Bonchev–Trinajstić information content (AvgIpc) is 3.24. The van der Waals surface area contributed by atoms with Crippen molar-refractivity contribution < 1.29 is 14.0 Å². The number of hydrogen-bond acceptors (Lipinski definition) is 4. The Morgan fingerprint density at radius 2 is 1.81 bits per heavy atom. The Labute approximate surface area is 180 Å². The molecule has 4 rings (SSSR count). The lowest BCUT2D eigenvalue weighted by Gasteiger charge is -2.30. The normalized spacial score (nSPS) is 18.4. The van der Waals surface area contributed by atoms with Gasteiger partial charge in [0.2, 0.25) is 5.91 Å². The van der Waals surface area contributed by atoms with Crippen molar-refractivity contribution in [2.75, 3.05) is 33.7 Å². The van der Waals surface area contributed by atoms with Crippen molar-refractivity contribution in [3.63, 3.8) is 0 Å². The van der Waals surface area contributed by atoms with Gasteiger partial charge in [-0.05, 0) is 62.3 Å². The molecule has 0 N–H and O–H groups in total. The van der Waals surface area contributed by atoms with E-state index in [-0.39, 0.29) is 23.4 Å². The number of nitrogens with zero attached hydrogens (tertiary/aromatic N) is 4. The highest BCUT2D eigenvalue weighted by Crippen LogP contribution is 2.25. The van der Waals surface area contributed by atoms with Crippen LogP contribution in [-0.2, 0) is 17.8 Å². The van der Waals surface area contributed by atoms with Crippen molar-refractivity contribution in [1.29, 1.82) is 0 Å². The minimum atomic E-state index is -0.403. The van der Waals surface area contributed by atoms with Gasteiger partial charge in [0, 0.05) is 51.0 Å². The molecular formula is C23H27FN4O3. The van der Waals surface area contributed by atoms with Gasteiger partial charge in [-0.3, -0.25) is 19.0 Å². The SMILES string of the molecule is CC(=O)N1CCc2c(cn(-c3ccc(F)cc3)c(=O)c2C(=O)N2CCC(N(C)C)C2)C1. The molecule has 1 atom stereocenters. The predicted molar refractivity (Wildman–Crippen MR) is 115 cm³/mol. The number of amides is 2. The first-order valence-corrected chi connectivity index (χ1v) is 10.5. The second-order valence-corrected chi connectivity index (χ2v) is 8.51. The van der Waals surface area contributed by atoms with Gasteiger partial charge >= 0.3 is 0 Å². The van der Waals surface area contributed by atoms with Gasteiger partial charge in [-0.25, -0.2) is 4.39 Å². The smallest absolute Gasteiger partial charge is 0.268 e. The Balaban J connectivity index is 1.81. The van der Waals surface area contributed by atoms with Crippen LogP contribution in [0.1, 0.15) is 34.8 Å². The lowest BCUT2D eigenvalue weighted by molar-refractivity contribution is -0.129. The standard InChI is InChI=1S/C23H27FN4O3/c1-15(29)26-11-9-20-16(12-26)13-28(18-6-4-17(24)5-7-18)23(31)21(20)22(30)27-10-8-19(14-27)25(2)3/h4-7,13,19H,8-12,14H2,1-3H3. The molecule has 0 aliphatic carbocycles.